The van der Waals surface area contributed by atoms with Crippen molar-refractivity contribution in [3.63, 3.8) is 0 Å². The van der Waals surface area contributed by atoms with Gasteiger partial charge in [-0.2, -0.15) is 0 Å². The van der Waals surface area contributed by atoms with E-state index < -0.39 is 0 Å². The lowest BCUT2D eigenvalue weighted by Crippen LogP contribution is -2.35. The molecule has 5 heteroatoms. The van der Waals surface area contributed by atoms with Crippen molar-refractivity contribution in [1.29, 1.82) is 0 Å². The maximum absolute atomic E-state index is 3.78. The zero-order chi connectivity index (χ0) is 27.5. The van der Waals surface area contributed by atoms with Crippen LogP contribution < -0.4 is 16.0 Å². The first-order valence-electron chi connectivity index (χ1n) is 15.1. The molecule has 3 N–H and O–H groups in total. The van der Waals surface area contributed by atoms with Gasteiger partial charge in [0.25, 0.3) is 0 Å². The lowest BCUT2D eigenvalue weighted by Gasteiger charge is -2.27. The third kappa shape index (κ3) is 10.1. The van der Waals surface area contributed by atoms with Crippen molar-refractivity contribution >= 4 is 0 Å². The fourth-order valence-corrected chi connectivity index (χ4v) is 5.58. The minimum absolute atomic E-state index is 0.503. The Kier molecular flexibility index (Phi) is 12.7. The molecule has 38 heavy (non-hydrogen) atoms. The third-order valence-electron chi connectivity index (χ3n) is 7.99. The molecule has 212 valence electrons. The molecule has 0 amide bonds. The van der Waals surface area contributed by atoms with E-state index in [-0.39, 0.29) is 0 Å². The fraction of sp³-hybridized carbons (Fsp3) is 0.636. The maximum atomic E-state index is 3.78. The number of hydrogen-bond donors (Lipinski definition) is 3. The second-order valence-electron chi connectivity index (χ2n) is 11.8. The Hall–Kier alpha value is -1.76. The van der Waals surface area contributed by atoms with E-state index in [4.69, 9.17) is 0 Å². The summed E-state index contributed by atoms with van der Waals surface area (Å²) in [6.45, 7) is 26.2. The fourth-order valence-electron chi connectivity index (χ4n) is 5.58. The van der Waals surface area contributed by atoms with Crippen LogP contribution in [0.15, 0.2) is 30.3 Å². The van der Waals surface area contributed by atoms with Crippen LogP contribution in [0, 0.1) is 20.8 Å². The van der Waals surface area contributed by atoms with Gasteiger partial charge in [-0.1, -0.05) is 69.2 Å². The van der Waals surface area contributed by atoms with Crippen molar-refractivity contribution in [3.05, 3.63) is 69.3 Å². The van der Waals surface area contributed by atoms with E-state index in [1.807, 2.05) is 0 Å². The lowest BCUT2D eigenvalue weighted by atomic mass is 9.98. The van der Waals surface area contributed by atoms with Gasteiger partial charge in [-0.05, 0) is 61.4 Å². The summed E-state index contributed by atoms with van der Waals surface area (Å²) in [5.41, 5.74) is 9.95. The van der Waals surface area contributed by atoms with E-state index in [9.17, 15) is 0 Å². The Balaban J connectivity index is 1.66. The van der Waals surface area contributed by atoms with Crippen LogP contribution in [0.5, 0.6) is 0 Å². The normalized spacial score (nSPS) is 16.1. The van der Waals surface area contributed by atoms with Crippen LogP contribution in [0.3, 0.4) is 0 Å². The molecular weight excluding hydrogens is 466 g/mol. The van der Waals surface area contributed by atoms with Gasteiger partial charge in [0, 0.05) is 77.5 Å². The summed E-state index contributed by atoms with van der Waals surface area (Å²) < 4.78 is 0. The Morgan fingerprint density at radius 3 is 1.97 bits per heavy atom. The molecule has 5 nitrogen and oxygen atoms in total. The number of benzene rings is 2. The second kappa shape index (κ2) is 15.7. The molecular formula is C33H55N5. The highest BCUT2D eigenvalue weighted by molar-refractivity contribution is 5.38. The topological polar surface area (TPSA) is 42.6 Å². The zero-order valence-corrected chi connectivity index (χ0v) is 25.4. The minimum atomic E-state index is 0.503. The van der Waals surface area contributed by atoms with Crippen molar-refractivity contribution in [2.24, 2.45) is 0 Å². The Morgan fingerprint density at radius 1 is 0.711 bits per heavy atom. The van der Waals surface area contributed by atoms with Gasteiger partial charge in [-0.3, -0.25) is 9.80 Å². The number of nitrogens with zero attached hydrogens (tertiary/aromatic N) is 2. The van der Waals surface area contributed by atoms with Crippen molar-refractivity contribution in [2.75, 3.05) is 39.3 Å². The second-order valence-corrected chi connectivity index (χ2v) is 11.8. The highest BCUT2D eigenvalue weighted by atomic mass is 15.2. The van der Waals surface area contributed by atoms with E-state index in [0.717, 1.165) is 65.4 Å². The molecule has 2 aromatic carbocycles. The van der Waals surface area contributed by atoms with Gasteiger partial charge in [-0.15, -0.1) is 0 Å². The van der Waals surface area contributed by atoms with Gasteiger partial charge >= 0.3 is 0 Å². The predicted octanol–water partition coefficient (Wildman–Crippen LogP) is 5.30. The molecule has 0 aliphatic carbocycles. The first-order valence-corrected chi connectivity index (χ1v) is 15.1. The highest BCUT2D eigenvalue weighted by Gasteiger charge is 2.16. The number of aryl methyl sites for hydroxylation is 2. The van der Waals surface area contributed by atoms with Crippen LogP contribution in [0.2, 0.25) is 0 Å². The molecule has 1 aliphatic rings. The van der Waals surface area contributed by atoms with Gasteiger partial charge in [0.1, 0.15) is 0 Å². The largest absolute Gasteiger partial charge is 0.314 e. The number of hydrogen-bond acceptors (Lipinski definition) is 5. The SMILES string of the molecule is CCC(CC)NCc1cc(C)cc(CN2CCNCCN(Cc3cc(C)cc(CNC(C)C)c3)CC2)c1C. The van der Waals surface area contributed by atoms with E-state index in [2.05, 4.69) is 105 Å². The zero-order valence-electron chi connectivity index (χ0n) is 25.4. The van der Waals surface area contributed by atoms with Crippen LogP contribution in [-0.2, 0) is 26.2 Å². The quantitative estimate of drug-likeness (QED) is 0.354. The Bertz CT molecular complexity index is 982. The molecule has 0 radical (unpaired) electrons. The average Bonchev–Trinajstić information content (AvgIpc) is 2.98. The maximum Gasteiger partial charge on any atom is 0.0237 e. The number of nitrogens with one attached hydrogen (secondary N) is 3. The third-order valence-corrected chi connectivity index (χ3v) is 7.99. The molecule has 1 saturated heterocycles. The summed E-state index contributed by atoms with van der Waals surface area (Å²) >= 11 is 0. The summed E-state index contributed by atoms with van der Waals surface area (Å²) in [7, 11) is 0. The molecule has 0 spiro atoms. The van der Waals surface area contributed by atoms with Crippen molar-refractivity contribution < 1.29 is 0 Å². The lowest BCUT2D eigenvalue weighted by molar-refractivity contribution is 0.209. The van der Waals surface area contributed by atoms with Gasteiger partial charge in [0.2, 0.25) is 0 Å². The van der Waals surface area contributed by atoms with Gasteiger partial charge in [0.15, 0.2) is 0 Å². The molecule has 0 atom stereocenters. The van der Waals surface area contributed by atoms with Gasteiger partial charge < -0.3 is 16.0 Å². The predicted molar refractivity (Wildman–Crippen MR) is 164 cm³/mol. The van der Waals surface area contributed by atoms with Crippen LogP contribution in [-0.4, -0.2) is 61.2 Å². The Morgan fingerprint density at radius 2 is 1.32 bits per heavy atom. The van der Waals surface area contributed by atoms with Crippen LogP contribution in [0.25, 0.3) is 0 Å². The Labute approximate surface area is 233 Å². The van der Waals surface area contributed by atoms with E-state index in [1.165, 1.54) is 51.8 Å². The van der Waals surface area contributed by atoms with Crippen LogP contribution in [0.4, 0.5) is 0 Å². The van der Waals surface area contributed by atoms with Gasteiger partial charge in [0.05, 0.1) is 0 Å². The van der Waals surface area contributed by atoms with E-state index in [1.54, 1.807) is 0 Å². The molecule has 3 rings (SSSR count). The smallest absolute Gasteiger partial charge is 0.0237 e. The molecule has 1 heterocycles. The van der Waals surface area contributed by atoms with E-state index in [0.29, 0.717) is 12.1 Å². The first-order chi connectivity index (χ1) is 18.3. The van der Waals surface area contributed by atoms with Gasteiger partial charge in [-0.25, -0.2) is 0 Å². The summed E-state index contributed by atoms with van der Waals surface area (Å²) in [5, 5.41) is 11.0. The molecule has 0 saturated carbocycles. The summed E-state index contributed by atoms with van der Waals surface area (Å²) in [6, 6.07) is 13.0. The van der Waals surface area contributed by atoms with Crippen molar-refractivity contribution in [3.8, 4) is 0 Å². The van der Waals surface area contributed by atoms with Crippen LogP contribution >= 0.6 is 0 Å². The monoisotopic (exact) mass is 521 g/mol. The summed E-state index contributed by atoms with van der Waals surface area (Å²) in [5.74, 6) is 0. The molecule has 2 aromatic rings. The molecule has 0 aromatic heterocycles. The summed E-state index contributed by atoms with van der Waals surface area (Å²) in [4.78, 5) is 5.28. The average molecular weight is 522 g/mol. The molecule has 1 aliphatic heterocycles. The molecule has 0 bridgehead atoms. The van der Waals surface area contributed by atoms with Crippen LogP contribution in [0.1, 0.15) is 79.5 Å². The standard InChI is InChI=1S/C33H55N5/c1-8-33(9-2)36-22-31-18-27(6)19-32(28(31)7)24-38-13-11-34-10-12-37(14-15-38)23-30-17-26(5)16-29(20-30)21-35-25(3)4/h16-20,25,33-36H,8-15,21-24H2,1-7H3. The highest BCUT2D eigenvalue weighted by Crippen LogP contribution is 2.20. The minimum Gasteiger partial charge on any atom is -0.314 e. The molecule has 1 fully saturated rings. The number of rotatable bonds is 12. The van der Waals surface area contributed by atoms with Crippen molar-refractivity contribution in [2.45, 2.75) is 99.6 Å². The first kappa shape index (κ1) is 30.8. The van der Waals surface area contributed by atoms with E-state index >= 15 is 0 Å². The molecule has 0 unspecified atom stereocenters. The summed E-state index contributed by atoms with van der Waals surface area (Å²) in [6.07, 6.45) is 2.37. The van der Waals surface area contributed by atoms with Crippen molar-refractivity contribution in [1.82, 2.24) is 25.8 Å².